The number of nitrogens with zero attached hydrogens (tertiary/aromatic N) is 1. The molecule has 0 bridgehead atoms. The number of rotatable bonds is 5. The normalized spacial score (nSPS) is 16.4. The van der Waals surface area contributed by atoms with E-state index in [1.54, 1.807) is 0 Å². The van der Waals surface area contributed by atoms with Crippen LogP contribution in [-0.4, -0.2) is 25.6 Å². The predicted octanol–water partition coefficient (Wildman–Crippen LogP) is 2.54. The summed E-state index contributed by atoms with van der Waals surface area (Å²) in [5.74, 6) is 0. The molecule has 0 atom stereocenters. The fraction of sp³-hybridized carbons (Fsp3) is 0.500. The van der Waals surface area contributed by atoms with Gasteiger partial charge in [-0.15, -0.1) is 11.8 Å². The van der Waals surface area contributed by atoms with Crippen LogP contribution in [0.3, 0.4) is 0 Å². The van der Waals surface area contributed by atoms with Crippen molar-refractivity contribution in [3.05, 3.63) is 28.3 Å². The maximum Gasteiger partial charge on any atom is 0.284 e. The van der Waals surface area contributed by atoms with Gasteiger partial charge in [0.2, 0.25) is 10.0 Å². The summed E-state index contributed by atoms with van der Waals surface area (Å²) >= 11 is 1.48. The first kappa shape index (κ1) is 15.3. The van der Waals surface area contributed by atoms with Crippen LogP contribution >= 0.6 is 11.8 Å². The lowest BCUT2D eigenvalue weighted by Crippen LogP contribution is -2.18. The Morgan fingerprint density at radius 1 is 1.35 bits per heavy atom. The molecule has 0 amide bonds. The van der Waals surface area contributed by atoms with Crippen LogP contribution in [0.15, 0.2) is 28.0 Å². The van der Waals surface area contributed by atoms with E-state index in [4.69, 9.17) is 0 Å². The number of thioether (sulfide) groups is 1. The average Bonchev–Trinajstić information content (AvgIpc) is 2.91. The summed E-state index contributed by atoms with van der Waals surface area (Å²) in [5.41, 5.74) is -0.141. The highest BCUT2D eigenvalue weighted by molar-refractivity contribution is 8.00. The zero-order valence-electron chi connectivity index (χ0n) is 11.0. The van der Waals surface area contributed by atoms with Crippen LogP contribution in [0.5, 0.6) is 0 Å². The van der Waals surface area contributed by atoms with Crippen LogP contribution in [0.25, 0.3) is 0 Å². The second kappa shape index (κ2) is 6.11. The maximum atomic E-state index is 11.7. The summed E-state index contributed by atoms with van der Waals surface area (Å²) in [6.07, 6.45) is 4.41. The molecule has 0 spiro atoms. The number of nitro groups is 1. The van der Waals surface area contributed by atoms with Gasteiger partial charge >= 0.3 is 0 Å². The highest BCUT2D eigenvalue weighted by Gasteiger charge is 2.24. The van der Waals surface area contributed by atoms with Gasteiger partial charge in [0.15, 0.2) is 0 Å². The van der Waals surface area contributed by atoms with E-state index >= 15 is 0 Å². The predicted molar refractivity (Wildman–Crippen MR) is 77.5 cm³/mol. The molecule has 0 saturated heterocycles. The monoisotopic (exact) mass is 316 g/mol. The number of nitrogens with one attached hydrogen (secondary N) is 1. The van der Waals surface area contributed by atoms with Crippen molar-refractivity contribution in [2.24, 2.45) is 0 Å². The topological polar surface area (TPSA) is 89.3 Å². The van der Waals surface area contributed by atoms with Crippen molar-refractivity contribution in [2.75, 3.05) is 7.05 Å². The minimum Gasteiger partial charge on any atom is -0.258 e. The molecule has 0 heterocycles. The zero-order chi connectivity index (χ0) is 14.8. The molecule has 0 aliphatic heterocycles. The standard InChI is InChI=1S/C12H16N2O4S2/c1-13-20(17,18)10-6-7-12(11(8-10)14(15)16)19-9-4-2-3-5-9/h6-9,13H,2-5H2,1H3. The Labute approximate surface area is 122 Å². The van der Waals surface area contributed by atoms with E-state index in [9.17, 15) is 18.5 Å². The molecule has 6 nitrogen and oxygen atoms in total. The maximum absolute atomic E-state index is 11.7. The number of hydrogen-bond acceptors (Lipinski definition) is 5. The Kier molecular flexibility index (Phi) is 4.66. The Balaban J connectivity index is 2.35. The molecule has 1 aliphatic rings. The quantitative estimate of drug-likeness (QED) is 0.666. The number of benzene rings is 1. The molecule has 20 heavy (non-hydrogen) atoms. The summed E-state index contributed by atoms with van der Waals surface area (Å²) in [5, 5.41) is 11.5. The molecular formula is C12H16N2O4S2. The molecule has 1 N–H and O–H groups in total. The van der Waals surface area contributed by atoms with Gasteiger partial charge in [0.25, 0.3) is 5.69 Å². The van der Waals surface area contributed by atoms with Gasteiger partial charge in [0, 0.05) is 11.3 Å². The van der Waals surface area contributed by atoms with Crippen molar-refractivity contribution in [1.82, 2.24) is 4.72 Å². The first-order valence-electron chi connectivity index (χ1n) is 6.32. The Hall–Kier alpha value is -1.12. The third-order valence-corrected chi connectivity index (χ3v) is 6.12. The highest BCUT2D eigenvalue weighted by Crippen LogP contribution is 2.39. The summed E-state index contributed by atoms with van der Waals surface area (Å²) in [6, 6.07) is 4.07. The second-order valence-corrected chi connectivity index (χ2v) is 7.85. The van der Waals surface area contributed by atoms with Crippen molar-refractivity contribution in [3.63, 3.8) is 0 Å². The molecule has 8 heteroatoms. The van der Waals surface area contributed by atoms with Crippen LogP contribution in [0.2, 0.25) is 0 Å². The average molecular weight is 316 g/mol. The van der Waals surface area contributed by atoms with Gasteiger partial charge in [-0.3, -0.25) is 10.1 Å². The fourth-order valence-electron chi connectivity index (χ4n) is 2.21. The van der Waals surface area contributed by atoms with Gasteiger partial charge in [-0.2, -0.15) is 0 Å². The lowest BCUT2D eigenvalue weighted by atomic mass is 10.3. The van der Waals surface area contributed by atoms with Gasteiger partial charge in [-0.05, 0) is 32.0 Å². The second-order valence-electron chi connectivity index (χ2n) is 4.62. The van der Waals surface area contributed by atoms with Gasteiger partial charge in [0.05, 0.1) is 14.7 Å². The molecule has 1 fully saturated rings. The third-order valence-electron chi connectivity index (χ3n) is 3.30. The van der Waals surface area contributed by atoms with Gasteiger partial charge < -0.3 is 0 Å². The molecule has 0 aromatic heterocycles. The lowest BCUT2D eigenvalue weighted by molar-refractivity contribution is -0.388. The van der Waals surface area contributed by atoms with Crippen LogP contribution in [0.4, 0.5) is 5.69 Å². The van der Waals surface area contributed by atoms with Crippen LogP contribution in [-0.2, 0) is 10.0 Å². The van der Waals surface area contributed by atoms with Gasteiger partial charge in [0.1, 0.15) is 0 Å². The molecule has 0 radical (unpaired) electrons. The highest BCUT2D eigenvalue weighted by atomic mass is 32.2. The minimum absolute atomic E-state index is 0.0810. The van der Waals surface area contributed by atoms with Crippen molar-refractivity contribution in [2.45, 2.75) is 40.7 Å². The molecule has 1 saturated carbocycles. The molecule has 110 valence electrons. The largest absolute Gasteiger partial charge is 0.284 e. The van der Waals surface area contributed by atoms with E-state index in [0.717, 1.165) is 31.7 Å². The molecule has 2 rings (SSSR count). The third kappa shape index (κ3) is 3.31. The Morgan fingerprint density at radius 3 is 2.55 bits per heavy atom. The Morgan fingerprint density at radius 2 is 2.00 bits per heavy atom. The van der Waals surface area contributed by atoms with E-state index in [1.165, 1.54) is 30.9 Å². The van der Waals surface area contributed by atoms with E-state index in [2.05, 4.69) is 4.72 Å². The van der Waals surface area contributed by atoms with Crippen molar-refractivity contribution < 1.29 is 13.3 Å². The summed E-state index contributed by atoms with van der Waals surface area (Å²) in [7, 11) is -2.38. The zero-order valence-corrected chi connectivity index (χ0v) is 12.7. The van der Waals surface area contributed by atoms with E-state index < -0.39 is 14.9 Å². The molecule has 1 aromatic rings. The Bertz CT molecular complexity index is 610. The van der Waals surface area contributed by atoms with Gasteiger partial charge in [-0.25, -0.2) is 13.1 Å². The summed E-state index contributed by atoms with van der Waals surface area (Å²) in [6.45, 7) is 0. The molecular weight excluding hydrogens is 300 g/mol. The summed E-state index contributed by atoms with van der Waals surface area (Å²) in [4.78, 5) is 11.1. The smallest absolute Gasteiger partial charge is 0.258 e. The lowest BCUT2D eigenvalue weighted by Gasteiger charge is -2.10. The molecule has 0 unspecified atom stereocenters. The van der Waals surface area contributed by atoms with E-state index in [0.29, 0.717) is 10.1 Å². The van der Waals surface area contributed by atoms with E-state index in [-0.39, 0.29) is 10.6 Å². The number of sulfonamides is 1. The van der Waals surface area contributed by atoms with Crippen LogP contribution in [0.1, 0.15) is 25.7 Å². The van der Waals surface area contributed by atoms with Crippen molar-refractivity contribution in [1.29, 1.82) is 0 Å². The minimum atomic E-state index is -3.66. The first-order chi connectivity index (χ1) is 9.44. The summed E-state index contributed by atoms with van der Waals surface area (Å²) < 4.78 is 25.5. The number of hydrogen-bond donors (Lipinski definition) is 1. The molecule has 1 aliphatic carbocycles. The van der Waals surface area contributed by atoms with Crippen molar-refractivity contribution >= 4 is 27.5 Å². The van der Waals surface area contributed by atoms with Gasteiger partial charge in [-0.1, -0.05) is 12.8 Å². The first-order valence-corrected chi connectivity index (χ1v) is 8.69. The fourth-order valence-corrected chi connectivity index (χ4v) is 4.29. The van der Waals surface area contributed by atoms with Crippen molar-refractivity contribution in [3.8, 4) is 0 Å². The number of nitro benzene ring substituents is 1. The van der Waals surface area contributed by atoms with Crippen LogP contribution in [0, 0.1) is 10.1 Å². The SMILES string of the molecule is CNS(=O)(=O)c1ccc(SC2CCCC2)c([N+](=O)[O-])c1. The van der Waals surface area contributed by atoms with E-state index in [1.807, 2.05) is 0 Å². The van der Waals surface area contributed by atoms with Crippen LogP contribution < -0.4 is 4.72 Å². The molecule has 1 aromatic carbocycles.